The lowest BCUT2D eigenvalue weighted by molar-refractivity contribution is -0.118. The molecule has 4 aliphatic rings. The molecule has 3 saturated carbocycles. The molecule has 0 aromatic rings. The van der Waals surface area contributed by atoms with Crippen LogP contribution in [-0.2, 0) is 4.79 Å². The lowest BCUT2D eigenvalue weighted by Crippen LogP contribution is -2.50. The third kappa shape index (κ3) is 2.27. The number of fused-ring (bicyclic) bond motifs is 5. The van der Waals surface area contributed by atoms with Crippen LogP contribution in [0.2, 0.25) is 0 Å². The van der Waals surface area contributed by atoms with Gasteiger partial charge in [-0.3, -0.25) is 4.79 Å². The number of carbonyl (C=O) groups is 1. The number of aliphatic hydroxyl groups is 1. The second-order valence-electron chi connectivity index (χ2n) is 9.40. The minimum atomic E-state index is -0.447. The van der Waals surface area contributed by atoms with Crippen LogP contribution in [0.25, 0.3) is 0 Å². The molecule has 0 aromatic heterocycles. The number of carbonyl (C=O) groups excluding carboxylic acids is 1. The first-order chi connectivity index (χ1) is 11.8. The molecule has 1 N–H and O–H groups in total. The summed E-state index contributed by atoms with van der Waals surface area (Å²) < 4.78 is 14.3. The number of Topliss-reactive ketones (excluding diaryl/α,β-unsaturated/α-hetero) is 1. The van der Waals surface area contributed by atoms with Gasteiger partial charge in [0.1, 0.15) is 5.83 Å². The van der Waals surface area contributed by atoms with Crippen molar-refractivity contribution >= 4 is 5.78 Å². The van der Waals surface area contributed by atoms with E-state index < -0.39 is 6.61 Å². The van der Waals surface area contributed by atoms with Gasteiger partial charge in [-0.2, -0.15) is 0 Å². The predicted octanol–water partition coefficient (Wildman–Crippen LogP) is 5.12. The number of allylic oxidation sites excluding steroid dienone is 2. The summed E-state index contributed by atoms with van der Waals surface area (Å²) >= 11 is 0. The van der Waals surface area contributed by atoms with Crippen molar-refractivity contribution in [2.45, 2.75) is 72.1 Å². The summed E-state index contributed by atoms with van der Waals surface area (Å²) in [6.45, 7) is 6.24. The molecule has 0 spiro atoms. The van der Waals surface area contributed by atoms with Crippen LogP contribution in [0.5, 0.6) is 0 Å². The summed E-state index contributed by atoms with van der Waals surface area (Å²) in [5.74, 6) is 1.88. The van der Waals surface area contributed by atoms with E-state index in [4.69, 9.17) is 0 Å². The molecule has 0 aromatic carbocycles. The van der Waals surface area contributed by atoms with E-state index in [-0.39, 0.29) is 16.7 Å². The first kappa shape index (κ1) is 17.5. The molecule has 0 radical (unpaired) electrons. The molecule has 0 bridgehead atoms. The van der Waals surface area contributed by atoms with Crippen LogP contribution in [0.3, 0.4) is 0 Å². The van der Waals surface area contributed by atoms with Gasteiger partial charge < -0.3 is 5.11 Å². The molecule has 4 aliphatic carbocycles. The van der Waals surface area contributed by atoms with Gasteiger partial charge in [0.05, 0.1) is 6.61 Å². The van der Waals surface area contributed by atoms with Crippen LogP contribution in [-0.4, -0.2) is 17.5 Å². The fourth-order valence-corrected chi connectivity index (χ4v) is 7.34. The largest absolute Gasteiger partial charge is 0.389 e. The Bertz CT molecular complexity index is 676. The minimum Gasteiger partial charge on any atom is -0.389 e. The summed E-state index contributed by atoms with van der Waals surface area (Å²) in [5, 5.41) is 9.31. The smallest absolute Gasteiger partial charge is 0.158 e. The van der Waals surface area contributed by atoms with E-state index >= 15 is 0 Å². The number of ketones is 1. The Balaban J connectivity index is 1.71. The number of hydrogen-bond donors (Lipinski definition) is 1. The molecule has 5 unspecified atom stereocenters. The fourth-order valence-electron chi connectivity index (χ4n) is 7.34. The highest BCUT2D eigenvalue weighted by Gasteiger charge is 2.58. The summed E-state index contributed by atoms with van der Waals surface area (Å²) in [6.07, 6.45) is 7.91. The van der Waals surface area contributed by atoms with Crippen molar-refractivity contribution in [1.82, 2.24) is 0 Å². The van der Waals surface area contributed by atoms with E-state index in [9.17, 15) is 14.3 Å². The zero-order chi connectivity index (χ0) is 18.0. The standard InChI is InChI=1S/C22H31FO2/c1-13-15-5-4-14-16-6-7-18(19(23)12-24)22(16,3)10-8-17(14)21(15,2)11-9-20(13)25/h14,16-17,24H,4-12H2,1-3H3/b19-18+. The molecule has 25 heavy (non-hydrogen) atoms. The maximum atomic E-state index is 14.3. The van der Waals surface area contributed by atoms with Gasteiger partial charge in [0, 0.05) is 6.42 Å². The first-order valence-electron chi connectivity index (χ1n) is 10.0. The third-order valence-electron chi connectivity index (χ3n) is 8.67. The van der Waals surface area contributed by atoms with E-state index in [2.05, 4.69) is 13.8 Å². The van der Waals surface area contributed by atoms with E-state index in [1.54, 1.807) is 0 Å². The number of halogens is 1. The molecule has 5 atom stereocenters. The van der Waals surface area contributed by atoms with Crippen molar-refractivity contribution in [2.24, 2.45) is 28.6 Å². The van der Waals surface area contributed by atoms with E-state index in [0.29, 0.717) is 30.0 Å². The van der Waals surface area contributed by atoms with Crippen LogP contribution >= 0.6 is 0 Å². The van der Waals surface area contributed by atoms with Crippen molar-refractivity contribution in [3.8, 4) is 0 Å². The zero-order valence-electron chi connectivity index (χ0n) is 15.8. The van der Waals surface area contributed by atoms with Crippen molar-refractivity contribution in [2.75, 3.05) is 6.61 Å². The Morgan fingerprint density at radius 2 is 1.80 bits per heavy atom. The number of hydrogen-bond acceptors (Lipinski definition) is 2. The average Bonchev–Trinajstić information content (AvgIpc) is 2.95. The second kappa shape index (κ2) is 5.77. The van der Waals surface area contributed by atoms with Crippen molar-refractivity contribution in [3.63, 3.8) is 0 Å². The molecule has 0 saturated heterocycles. The Hall–Kier alpha value is -0.960. The normalized spacial score (nSPS) is 45.8. The highest BCUT2D eigenvalue weighted by molar-refractivity contribution is 5.96. The van der Waals surface area contributed by atoms with Gasteiger partial charge in [-0.25, -0.2) is 4.39 Å². The van der Waals surface area contributed by atoms with E-state index in [1.807, 2.05) is 6.92 Å². The van der Waals surface area contributed by atoms with Crippen molar-refractivity contribution in [3.05, 3.63) is 22.5 Å². The van der Waals surface area contributed by atoms with Gasteiger partial charge in [0.15, 0.2) is 5.78 Å². The lowest BCUT2D eigenvalue weighted by Gasteiger charge is -2.58. The molecular weight excluding hydrogens is 315 g/mol. The molecular formula is C22H31FO2. The van der Waals surface area contributed by atoms with Gasteiger partial charge in [0.2, 0.25) is 0 Å². The number of rotatable bonds is 1. The van der Waals surface area contributed by atoms with Crippen LogP contribution in [0, 0.1) is 28.6 Å². The summed E-state index contributed by atoms with van der Waals surface area (Å²) in [6, 6.07) is 0. The van der Waals surface area contributed by atoms with Gasteiger partial charge in [0.25, 0.3) is 0 Å². The molecule has 0 aliphatic heterocycles. The summed E-state index contributed by atoms with van der Waals surface area (Å²) in [4.78, 5) is 12.2. The minimum absolute atomic E-state index is 0.0644. The molecule has 138 valence electrons. The summed E-state index contributed by atoms with van der Waals surface area (Å²) in [7, 11) is 0. The van der Waals surface area contributed by atoms with E-state index in [0.717, 1.165) is 56.1 Å². The topological polar surface area (TPSA) is 37.3 Å². The third-order valence-corrected chi connectivity index (χ3v) is 8.67. The molecule has 4 rings (SSSR count). The second-order valence-corrected chi connectivity index (χ2v) is 9.40. The summed E-state index contributed by atoms with van der Waals surface area (Å²) in [5.41, 5.74) is 3.48. The Morgan fingerprint density at radius 3 is 2.52 bits per heavy atom. The van der Waals surface area contributed by atoms with Gasteiger partial charge in [-0.1, -0.05) is 19.4 Å². The Labute approximate surface area is 150 Å². The SMILES string of the molecule is CC1=C2CCC3C(CCC4(C)/C(=C(/F)CO)CCC34)C2(C)CCC1=O. The monoisotopic (exact) mass is 346 g/mol. The molecule has 2 nitrogen and oxygen atoms in total. The van der Waals surface area contributed by atoms with Gasteiger partial charge >= 0.3 is 0 Å². The Morgan fingerprint density at radius 1 is 1.08 bits per heavy atom. The van der Waals surface area contributed by atoms with Crippen LogP contribution in [0.15, 0.2) is 22.5 Å². The van der Waals surface area contributed by atoms with Gasteiger partial charge in [-0.15, -0.1) is 0 Å². The molecule has 0 amide bonds. The molecule has 0 heterocycles. The highest BCUT2D eigenvalue weighted by atomic mass is 19.1. The maximum Gasteiger partial charge on any atom is 0.158 e. The average molecular weight is 346 g/mol. The molecule has 3 heteroatoms. The highest BCUT2D eigenvalue weighted by Crippen LogP contribution is 2.67. The maximum absolute atomic E-state index is 14.3. The van der Waals surface area contributed by atoms with E-state index in [1.165, 1.54) is 5.57 Å². The molecule has 3 fully saturated rings. The zero-order valence-corrected chi connectivity index (χ0v) is 15.8. The predicted molar refractivity (Wildman–Crippen MR) is 96.5 cm³/mol. The van der Waals surface area contributed by atoms with Gasteiger partial charge in [-0.05, 0) is 91.6 Å². The van der Waals surface area contributed by atoms with Crippen molar-refractivity contribution in [1.29, 1.82) is 0 Å². The fraction of sp³-hybridized carbons (Fsp3) is 0.773. The number of aliphatic hydroxyl groups excluding tert-OH is 1. The van der Waals surface area contributed by atoms with Crippen LogP contribution < -0.4 is 0 Å². The Kier molecular flexibility index (Phi) is 4.03. The van der Waals surface area contributed by atoms with Crippen LogP contribution in [0.4, 0.5) is 4.39 Å². The van der Waals surface area contributed by atoms with Crippen molar-refractivity contribution < 1.29 is 14.3 Å². The quantitative estimate of drug-likeness (QED) is 0.715. The lowest BCUT2D eigenvalue weighted by atomic mass is 9.46. The van der Waals surface area contributed by atoms with Crippen LogP contribution in [0.1, 0.15) is 72.1 Å². The first-order valence-corrected chi connectivity index (χ1v) is 10.0.